The Morgan fingerprint density at radius 2 is 2.00 bits per heavy atom. The molecule has 6 nitrogen and oxygen atoms in total. The van der Waals surface area contributed by atoms with E-state index in [-0.39, 0.29) is 6.03 Å². The van der Waals surface area contributed by atoms with Crippen LogP contribution in [0, 0.1) is 0 Å². The molecule has 150 valence electrons. The Hall–Kier alpha value is -2.60. The van der Waals surface area contributed by atoms with E-state index in [1.54, 1.807) is 6.20 Å². The molecule has 0 aliphatic carbocycles. The van der Waals surface area contributed by atoms with Crippen LogP contribution >= 0.6 is 0 Å². The number of carbonyl (C=O) groups is 1. The quantitative estimate of drug-likeness (QED) is 0.774. The first kappa shape index (κ1) is 20.1. The number of hydrogen-bond acceptors (Lipinski definition) is 4. The third kappa shape index (κ3) is 5.23. The number of rotatable bonds is 7. The Morgan fingerprint density at radius 1 is 1.21 bits per heavy atom. The van der Waals surface area contributed by atoms with Gasteiger partial charge in [0.1, 0.15) is 5.82 Å². The van der Waals surface area contributed by atoms with Crippen LogP contribution in [0.15, 0.2) is 42.6 Å². The molecule has 2 heterocycles. The largest absolute Gasteiger partial charge is 0.363 e. The van der Waals surface area contributed by atoms with Crippen molar-refractivity contribution >= 4 is 11.8 Å². The average molecular weight is 382 g/mol. The molecule has 1 aliphatic rings. The second-order valence-corrected chi connectivity index (χ2v) is 7.53. The summed E-state index contributed by atoms with van der Waals surface area (Å²) in [4.78, 5) is 21.0. The van der Waals surface area contributed by atoms with E-state index in [0.717, 1.165) is 37.3 Å². The molecule has 2 amide bonds. The molecule has 2 aromatic rings. The van der Waals surface area contributed by atoms with Gasteiger partial charge in [0.2, 0.25) is 0 Å². The van der Waals surface area contributed by atoms with Crippen LogP contribution in [-0.2, 0) is 19.5 Å². The van der Waals surface area contributed by atoms with Gasteiger partial charge in [-0.25, -0.2) is 9.78 Å². The number of benzene rings is 1. The summed E-state index contributed by atoms with van der Waals surface area (Å²) < 4.78 is 0. The molecule has 28 heavy (non-hydrogen) atoms. The Kier molecular flexibility index (Phi) is 6.87. The Balaban J connectivity index is 1.47. The molecule has 0 radical (unpaired) electrons. The lowest BCUT2D eigenvalue weighted by Gasteiger charge is -2.35. The minimum absolute atomic E-state index is 0.126. The number of amides is 2. The van der Waals surface area contributed by atoms with Crippen LogP contribution < -0.4 is 15.5 Å². The molecule has 1 aromatic carbocycles. The average Bonchev–Trinajstić information content (AvgIpc) is 2.72. The zero-order valence-corrected chi connectivity index (χ0v) is 17.1. The van der Waals surface area contributed by atoms with Gasteiger partial charge in [-0.1, -0.05) is 31.2 Å². The minimum atomic E-state index is -0.126. The zero-order valence-electron chi connectivity index (χ0n) is 17.1. The molecule has 0 saturated heterocycles. The summed E-state index contributed by atoms with van der Waals surface area (Å²) in [5, 5.41) is 5.99. The first-order chi connectivity index (χ1) is 13.6. The molecule has 1 unspecified atom stereocenters. The molecule has 6 heteroatoms. The fraction of sp³-hybridized carbons (Fsp3) is 0.455. The van der Waals surface area contributed by atoms with Gasteiger partial charge in [-0.2, -0.15) is 0 Å². The lowest BCUT2D eigenvalue weighted by Crippen LogP contribution is -2.47. The van der Waals surface area contributed by atoms with E-state index in [4.69, 9.17) is 0 Å². The molecule has 1 aliphatic heterocycles. The summed E-state index contributed by atoms with van der Waals surface area (Å²) in [5.41, 5.74) is 3.90. The first-order valence-corrected chi connectivity index (χ1v) is 10.0. The van der Waals surface area contributed by atoms with Crippen molar-refractivity contribution in [1.82, 2.24) is 20.5 Å². The zero-order chi connectivity index (χ0) is 19.9. The SMILES string of the molecule is CCC(CNC(=O)NCc1ccnc(N(C)C)c1)N1CCc2ccccc2C1. The van der Waals surface area contributed by atoms with Crippen molar-refractivity contribution in [3.63, 3.8) is 0 Å². The highest BCUT2D eigenvalue weighted by molar-refractivity contribution is 5.73. The van der Waals surface area contributed by atoms with Crippen LogP contribution in [0.25, 0.3) is 0 Å². The molecule has 1 atom stereocenters. The third-order valence-electron chi connectivity index (χ3n) is 5.37. The Morgan fingerprint density at radius 3 is 2.75 bits per heavy atom. The third-order valence-corrected chi connectivity index (χ3v) is 5.37. The van der Waals surface area contributed by atoms with E-state index in [0.29, 0.717) is 19.1 Å². The molecule has 0 fully saturated rings. The van der Waals surface area contributed by atoms with E-state index < -0.39 is 0 Å². The van der Waals surface area contributed by atoms with Gasteiger partial charge in [-0.15, -0.1) is 0 Å². The summed E-state index contributed by atoms with van der Waals surface area (Å²) in [7, 11) is 3.91. The van der Waals surface area contributed by atoms with Crippen LogP contribution in [0.1, 0.15) is 30.0 Å². The summed E-state index contributed by atoms with van der Waals surface area (Å²) in [6, 6.07) is 12.8. The second kappa shape index (κ2) is 9.55. The Labute approximate surface area is 167 Å². The maximum Gasteiger partial charge on any atom is 0.315 e. The van der Waals surface area contributed by atoms with Gasteiger partial charge in [-0.05, 0) is 41.7 Å². The molecule has 2 N–H and O–H groups in total. The van der Waals surface area contributed by atoms with Crippen molar-refractivity contribution in [2.24, 2.45) is 0 Å². The smallest absolute Gasteiger partial charge is 0.315 e. The molecule has 0 spiro atoms. The van der Waals surface area contributed by atoms with Crippen molar-refractivity contribution < 1.29 is 4.79 Å². The number of nitrogens with zero attached hydrogens (tertiary/aromatic N) is 3. The van der Waals surface area contributed by atoms with E-state index in [1.165, 1.54) is 11.1 Å². The monoisotopic (exact) mass is 381 g/mol. The van der Waals surface area contributed by atoms with Crippen molar-refractivity contribution in [1.29, 1.82) is 0 Å². The molecule has 0 saturated carbocycles. The summed E-state index contributed by atoms with van der Waals surface area (Å²) >= 11 is 0. The number of hydrogen-bond donors (Lipinski definition) is 2. The van der Waals surface area contributed by atoms with Crippen LogP contribution in [-0.4, -0.2) is 49.1 Å². The van der Waals surface area contributed by atoms with Gasteiger partial charge >= 0.3 is 6.03 Å². The van der Waals surface area contributed by atoms with Crippen LogP contribution in [0.4, 0.5) is 10.6 Å². The number of aromatic nitrogens is 1. The molecule has 3 rings (SSSR count). The van der Waals surface area contributed by atoms with Crippen molar-refractivity contribution in [3.05, 3.63) is 59.3 Å². The number of anilines is 1. The van der Waals surface area contributed by atoms with Crippen LogP contribution in [0.2, 0.25) is 0 Å². The highest BCUT2D eigenvalue weighted by Gasteiger charge is 2.22. The van der Waals surface area contributed by atoms with E-state index >= 15 is 0 Å². The van der Waals surface area contributed by atoms with Crippen molar-refractivity contribution in [2.45, 2.75) is 38.9 Å². The normalized spacial score (nSPS) is 14.8. The predicted octanol–water partition coefficient (Wildman–Crippen LogP) is 2.78. The second-order valence-electron chi connectivity index (χ2n) is 7.53. The van der Waals surface area contributed by atoms with Gasteiger partial charge in [-0.3, -0.25) is 4.90 Å². The van der Waals surface area contributed by atoms with Gasteiger partial charge in [0.25, 0.3) is 0 Å². The fourth-order valence-corrected chi connectivity index (χ4v) is 3.63. The summed E-state index contributed by atoms with van der Waals surface area (Å²) in [6.45, 7) is 5.34. The minimum Gasteiger partial charge on any atom is -0.363 e. The summed E-state index contributed by atoms with van der Waals surface area (Å²) in [6.07, 6.45) is 3.86. The topological polar surface area (TPSA) is 60.5 Å². The summed E-state index contributed by atoms with van der Waals surface area (Å²) in [5.74, 6) is 0.885. The van der Waals surface area contributed by atoms with Gasteiger partial charge in [0.15, 0.2) is 0 Å². The number of urea groups is 1. The van der Waals surface area contributed by atoms with Crippen LogP contribution in [0.3, 0.4) is 0 Å². The maximum atomic E-state index is 12.3. The molecular weight excluding hydrogens is 350 g/mol. The Bertz CT molecular complexity index is 792. The number of pyridine rings is 1. The molecule has 0 bridgehead atoms. The van der Waals surface area contributed by atoms with Crippen molar-refractivity contribution in [3.8, 4) is 0 Å². The highest BCUT2D eigenvalue weighted by atomic mass is 16.2. The standard InChI is InChI=1S/C22H31N5O/c1-4-20(27-12-10-18-7-5-6-8-19(18)16-27)15-25-22(28)24-14-17-9-11-23-21(13-17)26(2)3/h5-9,11,13,20H,4,10,12,14-16H2,1-3H3,(H2,24,25,28). The number of fused-ring (bicyclic) bond motifs is 1. The van der Waals surface area contributed by atoms with Gasteiger partial charge < -0.3 is 15.5 Å². The van der Waals surface area contributed by atoms with Crippen LogP contribution in [0.5, 0.6) is 0 Å². The van der Waals surface area contributed by atoms with E-state index in [1.807, 2.05) is 31.1 Å². The van der Waals surface area contributed by atoms with Gasteiger partial charge in [0, 0.05) is 52.5 Å². The number of nitrogens with one attached hydrogen (secondary N) is 2. The highest BCUT2D eigenvalue weighted by Crippen LogP contribution is 2.21. The van der Waals surface area contributed by atoms with E-state index in [9.17, 15) is 4.79 Å². The fourth-order valence-electron chi connectivity index (χ4n) is 3.63. The molecular formula is C22H31N5O. The first-order valence-electron chi connectivity index (χ1n) is 10.0. The lowest BCUT2D eigenvalue weighted by molar-refractivity contribution is 0.169. The lowest BCUT2D eigenvalue weighted by atomic mass is 9.98. The molecule has 1 aromatic heterocycles. The maximum absolute atomic E-state index is 12.3. The van der Waals surface area contributed by atoms with Gasteiger partial charge in [0.05, 0.1) is 0 Å². The van der Waals surface area contributed by atoms with E-state index in [2.05, 4.69) is 51.7 Å². The number of carbonyl (C=O) groups excluding carboxylic acids is 1. The van der Waals surface area contributed by atoms with Crippen molar-refractivity contribution in [2.75, 3.05) is 32.1 Å². The predicted molar refractivity (Wildman–Crippen MR) is 113 cm³/mol.